The van der Waals surface area contributed by atoms with Gasteiger partial charge in [-0.1, -0.05) is 41.6 Å². The molecule has 1 N–H and O–H groups in total. The average molecular weight is 412 g/mol. The van der Waals surface area contributed by atoms with E-state index in [1.807, 2.05) is 49.5 Å². The number of hydrogen-bond donors (Lipinski definition) is 1. The first-order valence-corrected chi connectivity index (χ1v) is 10.00. The summed E-state index contributed by atoms with van der Waals surface area (Å²) in [5.41, 5.74) is 5.93. The van der Waals surface area contributed by atoms with E-state index in [-0.39, 0.29) is 0 Å². The fraction of sp³-hybridized carbons (Fsp3) is 0.160. The maximum Gasteiger partial charge on any atom is 0.259 e. The van der Waals surface area contributed by atoms with Crippen LogP contribution in [0.5, 0.6) is 5.75 Å². The normalized spacial score (nSPS) is 11.4. The van der Waals surface area contributed by atoms with Crippen molar-refractivity contribution >= 4 is 17.5 Å². The molecule has 0 unspecified atom stereocenters. The Morgan fingerprint density at radius 2 is 1.87 bits per heavy atom. The summed E-state index contributed by atoms with van der Waals surface area (Å²) in [6, 6.07) is 17.9. The van der Waals surface area contributed by atoms with Gasteiger partial charge in [-0.15, -0.1) is 0 Å². The molecule has 6 heteroatoms. The molecule has 0 amide bonds. The van der Waals surface area contributed by atoms with E-state index in [1.54, 1.807) is 13.3 Å². The lowest BCUT2D eigenvalue weighted by molar-refractivity contribution is 0.404. The third-order valence-electron chi connectivity index (χ3n) is 5.18. The second kappa shape index (κ2) is 8.83. The SMILES string of the molecule is CNc1ncccc1-c1noc(/C(=C/c2ccc(C)c(C)c2)c2ccccc2OC)n1. The molecule has 2 aromatic heterocycles. The number of nitrogens with zero attached hydrogens (tertiary/aromatic N) is 3. The van der Waals surface area contributed by atoms with Gasteiger partial charge in [0.2, 0.25) is 5.82 Å². The summed E-state index contributed by atoms with van der Waals surface area (Å²) in [7, 11) is 3.47. The molecule has 0 spiro atoms. The molecule has 0 saturated carbocycles. The number of pyridine rings is 1. The molecule has 4 rings (SSSR count). The van der Waals surface area contributed by atoms with Gasteiger partial charge in [0.25, 0.3) is 5.89 Å². The highest BCUT2D eigenvalue weighted by Gasteiger charge is 2.19. The summed E-state index contributed by atoms with van der Waals surface area (Å²) in [4.78, 5) is 9.03. The standard InChI is InChI=1S/C25H24N4O2/c1-16-11-12-18(14-17(16)2)15-21(19-8-5-6-10-22(19)30-4)25-28-24(29-31-25)20-9-7-13-27-23(20)26-3/h5-15H,1-4H3,(H,26,27)/b21-15+. The van der Waals surface area contributed by atoms with Gasteiger partial charge in [0.05, 0.1) is 18.2 Å². The van der Waals surface area contributed by atoms with E-state index < -0.39 is 0 Å². The van der Waals surface area contributed by atoms with Crippen LogP contribution in [0.1, 0.15) is 28.1 Å². The van der Waals surface area contributed by atoms with Crippen molar-refractivity contribution in [2.75, 3.05) is 19.5 Å². The molecule has 156 valence electrons. The number of hydrogen-bond acceptors (Lipinski definition) is 6. The Kier molecular flexibility index (Phi) is 5.80. The van der Waals surface area contributed by atoms with Crippen molar-refractivity contribution in [3.8, 4) is 17.1 Å². The van der Waals surface area contributed by atoms with Gasteiger partial charge in [-0.25, -0.2) is 4.98 Å². The molecule has 0 aliphatic heterocycles. The van der Waals surface area contributed by atoms with Crippen molar-refractivity contribution in [2.24, 2.45) is 0 Å². The summed E-state index contributed by atoms with van der Waals surface area (Å²) in [5.74, 6) is 2.29. The highest BCUT2D eigenvalue weighted by Crippen LogP contribution is 2.33. The van der Waals surface area contributed by atoms with Crippen LogP contribution in [-0.2, 0) is 0 Å². The monoisotopic (exact) mass is 412 g/mol. The van der Waals surface area contributed by atoms with E-state index in [1.165, 1.54) is 11.1 Å². The van der Waals surface area contributed by atoms with Crippen LogP contribution in [0.3, 0.4) is 0 Å². The Bertz CT molecular complexity index is 1240. The van der Waals surface area contributed by atoms with Crippen molar-refractivity contribution in [1.82, 2.24) is 15.1 Å². The van der Waals surface area contributed by atoms with Gasteiger partial charge >= 0.3 is 0 Å². The number of anilines is 1. The number of aryl methyl sites for hydroxylation is 2. The topological polar surface area (TPSA) is 73.1 Å². The minimum Gasteiger partial charge on any atom is -0.496 e. The average Bonchev–Trinajstić information content (AvgIpc) is 3.29. The zero-order valence-electron chi connectivity index (χ0n) is 18.0. The smallest absolute Gasteiger partial charge is 0.259 e. The Morgan fingerprint density at radius 1 is 1.03 bits per heavy atom. The van der Waals surface area contributed by atoms with Crippen molar-refractivity contribution in [3.05, 3.63) is 88.9 Å². The number of ether oxygens (including phenoxy) is 1. The van der Waals surface area contributed by atoms with Crippen LogP contribution in [0.15, 0.2) is 65.3 Å². The molecule has 31 heavy (non-hydrogen) atoms. The van der Waals surface area contributed by atoms with Gasteiger partial charge in [-0.05, 0) is 54.8 Å². The molecule has 2 heterocycles. The van der Waals surface area contributed by atoms with Gasteiger partial charge in [-0.3, -0.25) is 0 Å². The molecular formula is C25H24N4O2. The quantitative estimate of drug-likeness (QED) is 0.428. The first kappa shape index (κ1) is 20.3. The lowest BCUT2D eigenvalue weighted by Crippen LogP contribution is -1.96. The first-order chi connectivity index (χ1) is 15.1. The van der Waals surface area contributed by atoms with E-state index >= 15 is 0 Å². The third kappa shape index (κ3) is 4.19. The molecule has 0 saturated heterocycles. The Labute approximate surface area is 181 Å². The van der Waals surface area contributed by atoms with Gasteiger partial charge in [-0.2, -0.15) is 4.98 Å². The Morgan fingerprint density at radius 3 is 2.65 bits per heavy atom. The molecular weight excluding hydrogens is 388 g/mol. The molecule has 6 nitrogen and oxygen atoms in total. The second-order valence-electron chi connectivity index (χ2n) is 7.17. The lowest BCUT2D eigenvalue weighted by atomic mass is 9.99. The van der Waals surface area contributed by atoms with Gasteiger partial charge in [0.15, 0.2) is 0 Å². The molecule has 0 radical (unpaired) electrons. The van der Waals surface area contributed by atoms with Crippen LogP contribution in [0.25, 0.3) is 23.0 Å². The van der Waals surface area contributed by atoms with Crippen LogP contribution < -0.4 is 10.1 Å². The van der Waals surface area contributed by atoms with E-state index in [4.69, 9.17) is 14.2 Å². The van der Waals surface area contributed by atoms with Crippen LogP contribution in [-0.4, -0.2) is 29.3 Å². The molecule has 0 atom stereocenters. The summed E-state index contributed by atoms with van der Waals surface area (Å²) in [5, 5.41) is 7.29. The number of benzene rings is 2. The molecule has 0 aliphatic carbocycles. The minimum atomic E-state index is 0.406. The van der Waals surface area contributed by atoms with Gasteiger partial charge < -0.3 is 14.6 Å². The number of nitrogens with one attached hydrogen (secondary N) is 1. The molecule has 2 aromatic carbocycles. The highest BCUT2D eigenvalue weighted by molar-refractivity contribution is 5.91. The fourth-order valence-corrected chi connectivity index (χ4v) is 3.37. The number of rotatable bonds is 6. The van der Waals surface area contributed by atoms with Crippen molar-refractivity contribution < 1.29 is 9.26 Å². The summed E-state index contributed by atoms with van der Waals surface area (Å²) in [6.07, 6.45) is 3.76. The van der Waals surface area contributed by atoms with Crippen LogP contribution in [0.4, 0.5) is 5.82 Å². The van der Waals surface area contributed by atoms with E-state index in [9.17, 15) is 0 Å². The molecule has 0 bridgehead atoms. The van der Waals surface area contributed by atoms with Crippen molar-refractivity contribution in [2.45, 2.75) is 13.8 Å². The van der Waals surface area contributed by atoms with Crippen molar-refractivity contribution in [3.63, 3.8) is 0 Å². The molecule has 4 aromatic rings. The maximum atomic E-state index is 5.72. The van der Waals surface area contributed by atoms with E-state index in [2.05, 4.69) is 47.5 Å². The minimum absolute atomic E-state index is 0.406. The van der Waals surface area contributed by atoms with Crippen LogP contribution >= 0.6 is 0 Å². The second-order valence-corrected chi connectivity index (χ2v) is 7.17. The Hall–Kier alpha value is -3.93. The number of para-hydroxylation sites is 1. The first-order valence-electron chi connectivity index (χ1n) is 10.00. The maximum absolute atomic E-state index is 5.72. The number of methoxy groups -OCH3 is 1. The predicted octanol–water partition coefficient (Wildman–Crippen LogP) is 5.39. The zero-order chi connectivity index (χ0) is 21.8. The van der Waals surface area contributed by atoms with Gasteiger partial charge in [0, 0.05) is 18.8 Å². The molecule has 0 fully saturated rings. The lowest BCUT2D eigenvalue weighted by Gasteiger charge is -2.10. The Balaban J connectivity index is 1.87. The van der Waals surface area contributed by atoms with Gasteiger partial charge in [0.1, 0.15) is 11.6 Å². The summed E-state index contributed by atoms with van der Waals surface area (Å²) < 4.78 is 11.3. The largest absolute Gasteiger partial charge is 0.496 e. The zero-order valence-corrected chi connectivity index (χ0v) is 18.0. The van der Waals surface area contributed by atoms with Crippen molar-refractivity contribution in [1.29, 1.82) is 0 Å². The fourth-order valence-electron chi connectivity index (χ4n) is 3.37. The van der Waals surface area contributed by atoms with Crippen LogP contribution in [0, 0.1) is 13.8 Å². The van der Waals surface area contributed by atoms with E-state index in [0.29, 0.717) is 17.5 Å². The van der Waals surface area contributed by atoms with E-state index in [0.717, 1.165) is 28.0 Å². The highest BCUT2D eigenvalue weighted by atomic mass is 16.5. The summed E-state index contributed by atoms with van der Waals surface area (Å²) >= 11 is 0. The summed E-state index contributed by atoms with van der Waals surface area (Å²) in [6.45, 7) is 4.20. The third-order valence-corrected chi connectivity index (χ3v) is 5.18. The predicted molar refractivity (Wildman–Crippen MR) is 123 cm³/mol. The van der Waals surface area contributed by atoms with Crippen LogP contribution in [0.2, 0.25) is 0 Å². The number of aromatic nitrogens is 3. The molecule has 0 aliphatic rings.